The van der Waals surface area contributed by atoms with Crippen molar-refractivity contribution in [2.24, 2.45) is 0 Å². The van der Waals surface area contributed by atoms with Crippen LogP contribution in [0.25, 0.3) is 10.8 Å². The SMILES string of the molecule is N#Cc1ccc(NC(=O)O[C@@H](c2ccc(O)c3ccccc23)[C@H](CC/C=C/C(=O)NO)Oc2ccccc2)cc1. The molecule has 0 saturated carbocycles. The quantitative estimate of drug-likeness (QED) is 0.110. The van der Waals surface area contributed by atoms with E-state index in [1.54, 1.807) is 66.2 Å². The number of hydroxylamine groups is 1. The van der Waals surface area contributed by atoms with Crippen molar-refractivity contribution >= 4 is 28.5 Å². The van der Waals surface area contributed by atoms with E-state index in [2.05, 4.69) is 5.32 Å². The first-order valence-corrected chi connectivity index (χ1v) is 12.5. The number of hydrogen-bond acceptors (Lipinski definition) is 7. The maximum absolute atomic E-state index is 13.2. The molecule has 9 heteroatoms. The number of carbonyl (C=O) groups is 2. The smallest absolute Gasteiger partial charge is 0.412 e. The predicted octanol–water partition coefficient (Wildman–Crippen LogP) is 6.00. The van der Waals surface area contributed by atoms with Gasteiger partial charge in [-0.1, -0.05) is 54.6 Å². The highest BCUT2D eigenvalue weighted by Gasteiger charge is 2.31. The molecule has 0 saturated heterocycles. The zero-order chi connectivity index (χ0) is 28.3. The zero-order valence-electron chi connectivity index (χ0n) is 21.4. The first kappa shape index (κ1) is 27.7. The van der Waals surface area contributed by atoms with Gasteiger partial charge in [0.05, 0.1) is 11.6 Å². The number of phenols is 1. The second-order valence-electron chi connectivity index (χ2n) is 8.78. The number of ether oxygens (including phenoxy) is 2. The molecule has 4 rings (SSSR count). The molecule has 4 aromatic carbocycles. The van der Waals surface area contributed by atoms with Crippen molar-refractivity contribution in [2.45, 2.75) is 25.0 Å². The van der Waals surface area contributed by atoms with Gasteiger partial charge < -0.3 is 14.6 Å². The van der Waals surface area contributed by atoms with Crippen LogP contribution in [0.2, 0.25) is 0 Å². The van der Waals surface area contributed by atoms with Gasteiger partial charge in [0.2, 0.25) is 0 Å². The molecule has 40 heavy (non-hydrogen) atoms. The second kappa shape index (κ2) is 13.5. The van der Waals surface area contributed by atoms with E-state index in [4.69, 9.17) is 19.9 Å². The zero-order valence-corrected chi connectivity index (χ0v) is 21.4. The number of allylic oxidation sites excluding steroid dienone is 1. The molecule has 0 aliphatic heterocycles. The van der Waals surface area contributed by atoms with Gasteiger partial charge >= 0.3 is 6.09 Å². The van der Waals surface area contributed by atoms with Crippen molar-refractivity contribution < 1.29 is 29.4 Å². The van der Waals surface area contributed by atoms with Gasteiger partial charge in [-0.3, -0.25) is 15.3 Å². The topological polar surface area (TPSA) is 141 Å². The summed E-state index contributed by atoms with van der Waals surface area (Å²) in [4.78, 5) is 24.6. The molecule has 0 fully saturated rings. The molecule has 2 atom stereocenters. The Hall–Kier alpha value is -5.33. The van der Waals surface area contributed by atoms with Crippen LogP contribution in [0.15, 0.2) is 103 Å². The van der Waals surface area contributed by atoms with Crippen molar-refractivity contribution in [3.8, 4) is 17.6 Å². The van der Waals surface area contributed by atoms with E-state index in [9.17, 15) is 14.7 Å². The Bertz CT molecular complexity index is 1530. The molecule has 0 aliphatic carbocycles. The lowest BCUT2D eigenvalue weighted by molar-refractivity contribution is -0.124. The number of nitrogens with one attached hydrogen (secondary N) is 2. The number of benzene rings is 4. The molecule has 0 aromatic heterocycles. The Morgan fingerprint density at radius 2 is 1.62 bits per heavy atom. The Kier molecular flexibility index (Phi) is 9.32. The van der Waals surface area contributed by atoms with Gasteiger partial charge in [0.15, 0.2) is 6.10 Å². The average molecular weight is 538 g/mol. The minimum atomic E-state index is -0.941. The number of hydrogen-bond donors (Lipinski definition) is 4. The van der Waals surface area contributed by atoms with Crippen LogP contribution in [0, 0.1) is 11.3 Å². The highest BCUT2D eigenvalue weighted by atomic mass is 16.6. The van der Waals surface area contributed by atoms with Gasteiger partial charge in [0.25, 0.3) is 5.91 Å². The molecule has 202 valence electrons. The van der Waals surface area contributed by atoms with Crippen molar-refractivity contribution in [3.05, 3.63) is 114 Å². The number of amides is 2. The lowest BCUT2D eigenvalue weighted by atomic mass is 9.94. The van der Waals surface area contributed by atoms with Crippen LogP contribution in [0.5, 0.6) is 11.5 Å². The van der Waals surface area contributed by atoms with Crippen molar-refractivity contribution in [1.82, 2.24) is 5.48 Å². The number of nitrogens with zero attached hydrogens (tertiary/aromatic N) is 1. The first-order chi connectivity index (χ1) is 19.5. The largest absolute Gasteiger partial charge is 0.507 e. The van der Waals surface area contributed by atoms with Crippen molar-refractivity contribution in [2.75, 3.05) is 5.32 Å². The van der Waals surface area contributed by atoms with Gasteiger partial charge in [-0.2, -0.15) is 5.26 Å². The number of carbonyl (C=O) groups excluding carboxylic acids is 2. The number of nitriles is 1. The van der Waals surface area contributed by atoms with Crippen molar-refractivity contribution in [1.29, 1.82) is 5.26 Å². The van der Waals surface area contributed by atoms with Crippen LogP contribution in [-0.4, -0.2) is 28.4 Å². The number of aromatic hydroxyl groups is 1. The molecule has 0 heterocycles. The fourth-order valence-corrected chi connectivity index (χ4v) is 4.22. The normalized spacial score (nSPS) is 12.3. The lowest BCUT2D eigenvalue weighted by Crippen LogP contribution is -2.31. The Morgan fingerprint density at radius 3 is 2.33 bits per heavy atom. The van der Waals surface area contributed by atoms with Crippen LogP contribution in [-0.2, 0) is 9.53 Å². The summed E-state index contributed by atoms with van der Waals surface area (Å²) in [6, 6.07) is 27.9. The maximum Gasteiger partial charge on any atom is 0.412 e. The summed E-state index contributed by atoms with van der Waals surface area (Å²) in [5.74, 6) is -0.0352. The summed E-state index contributed by atoms with van der Waals surface area (Å²) >= 11 is 0. The van der Waals surface area contributed by atoms with E-state index in [1.807, 2.05) is 36.4 Å². The third-order valence-corrected chi connectivity index (χ3v) is 6.10. The Labute approximate surface area is 230 Å². The molecule has 0 bridgehead atoms. The molecule has 0 unspecified atom stereocenters. The maximum atomic E-state index is 13.2. The number of rotatable bonds is 10. The molecular formula is C31H27N3O6. The third kappa shape index (κ3) is 7.16. The van der Waals surface area contributed by atoms with Crippen LogP contribution < -0.4 is 15.5 Å². The number of para-hydroxylation sites is 1. The van der Waals surface area contributed by atoms with Gasteiger partial charge in [-0.15, -0.1) is 0 Å². The predicted molar refractivity (Wildman–Crippen MR) is 149 cm³/mol. The molecular weight excluding hydrogens is 510 g/mol. The first-order valence-electron chi connectivity index (χ1n) is 12.5. The van der Waals surface area contributed by atoms with Gasteiger partial charge in [-0.25, -0.2) is 10.3 Å². The fourth-order valence-electron chi connectivity index (χ4n) is 4.22. The number of fused-ring (bicyclic) bond motifs is 1. The minimum Gasteiger partial charge on any atom is -0.507 e. The Morgan fingerprint density at radius 1 is 0.925 bits per heavy atom. The summed E-state index contributed by atoms with van der Waals surface area (Å²) in [5, 5.41) is 32.2. The van der Waals surface area contributed by atoms with E-state index in [1.165, 1.54) is 12.1 Å². The lowest BCUT2D eigenvalue weighted by Gasteiger charge is -2.29. The van der Waals surface area contributed by atoms with Crippen LogP contribution in [0.3, 0.4) is 0 Å². The molecule has 9 nitrogen and oxygen atoms in total. The summed E-state index contributed by atoms with van der Waals surface area (Å²) in [6.07, 6.45) is 1.06. The van der Waals surface area contributed by atoms with E-state index >= 15 is 0 Å². The Balaban J connectivity index is 1.71. The fraction of sp³-hybridized carbons (Fsp3) is 0.129. The third-order valence-electron chi connectivity index (χ3n) is 6.10. The summed E-state index contributed by atoms with van der Waals surface area (Å²) in [7, 11) is 0. The molecule has 0 spiro atoms. The molecule has 4 aromatic rings. The van der Waals surface area contributed by atoms with Gasteiger partial charge in [0, 0.05) is 22.7 Å². The molecule has 0 radical (unpaired) electrons. The van der Waals surface area contributed by atoms with Crippen LogP contribution in [0.4, 0.5) is 10.5 Å². The highest BCUT2D eigenvalue weighted by molar-refractivity contribution is 5.92. The molecule has 0 aliphatic rings. The summed E-state index contributed by atoms with van der Waals surface area (Å²) in [6.45, 7) is 0. The summed E-state index contributed by atoms with van der Waals surface area (Å²) < 4.78 is 12.4. The van der Waals surface area contributed by atoms with E-state index in [0.29, 0.717) is 46.2 Å². The molecule has 4 N–H and O–H groups in total. The standard InChI is InChI=1S/C31H27N3O6/c32-20-21-14-16-22(17-15-21)33-31(37)40-30(26-18-19-27(35)25-11-5-4-10-24(25)26)28(12-6-7-13-29(36)34-38)39-23-8-2-1-3-9-23/h1-5,7-11,13-19,28,30,35,38H,6,12H2,(H,33,37)(H,34,36)/b13-7+/t28-,30-/m0/s1. The highest BCUT2D eigenvalue weighted by Crippen LogP contribution is 2.36. The van der Waals surface area contributed by atoms with E-state index < -0.39 is 24.2 Å². The molecule has 2 amide bonds. The van der Waals surface area contributed by atoms with Crippen LogP contribution in [0.1, 0.15) is 30.1 Å². The van der Waals surface area contributed by atoms with Gasteiger partial charge in [-0.05, 0) is 60.7 Å². The summed E-state index contributed by atoms with van der Waals surface area (Å²) in [5.41, 5.74) is 3.05. The number of anilines is 1. The van der Waals surface area contributed by atoms with Crippen LogP contribution >= 0.6 is 0 Å². The van der Waals surface area contributed by atoms with Gasteiger partial charge in [0.1, 0.15) is 17.6 Å². The number of phenolic OH excluding ortho intramolecular Hbond substituents is 1. The minimum absolute atomic E-state index is 0.0820. The van der Waals surface area contributed by atoms with E-state index in [0.717, 1.165) is 0 Å². The van der Waals surface area contributed by atoms with E-state index in [-0.39, 0.29) is 5.75 Å². The average Bonchev–Trinajstić information content (AvgIpc) is 2.99. The monoisotopic (exact) mass is 537 g/mol. The second-order valence-corrected chi connectivity index (χ2v) is 8.78. The van der Waals surface area contributed by atoms with Crippen molar-refractivity contribution in [3.63, 3.8) is 0 Å².